The van der Waals surface area contributed by atoms with Gasteiger partial charge in [0.15, 0.2) is 6.29 Å². The van der Waals surface area contributed by atoms with Crippen LogP contribution in [0.25, 0.3) is 0 Å². The summed E-state index contributed by atoms with van der Waals surface area (Å²) in [5.74, 6) is -0.653. The molecule has 0 aromatic heterocycles. The molecule has 0 atom stereocenters. The van der Waals surface area contributed by atoms with E-state index in [-0.39, 0.29) is 22.1 Å². The molecule has 0 fully saturated rings. The van der Waals surface area contributed by atoms with E-state index in [9.17, 15) is 19.3 Å². The van der Waals surface area contributed by atoms with Crippen molar-refractivity contribution in [3.63, 3.8) is 0 Å². The number of ether oxygens (including phenoxy) is 1. The van der Waals surface area contributed by atoms with Crippen LogP contribution in [0.1, 0.15) is 10.4 Å². The zero-order valence-electron chi connectivity index (χ0n) is 9.88. The fourth-order valence-corrected chi connectivity index (χ4v) is 1.73. The number of carbonyl (C=O) groups excluding carboxylic acids is 1. The van der Waals surface area contributed by atoms with E-state index in [0.29, 0.717) is 6.29 Å². The van der Waals surface area contributed by atoms with Crippen LogP contribution in [-0.4, -0.2) is 11.2 Å². The average Bonchev–Trinajstić information content (AvgIpc) is 2.41. The van der Waals surface area contributed by atoms with Crippen LogP contribution >= 0.6 is 11.6 Å². The highest BCUT2D eigenvalue weighted by Crippen LogP contribution is 2.33. The molecule has 0 heterocycles. The summed E-state index contributed by atoms with van der Waals surface area (Å²) in [6, 6.07) is 7.15. The molecule has 102 valence electrons. The monoisotopic (exact) mass is 295 g/mol. The molecule has 0 unspecified atom stereocenters. The van der Waals surface area contributed by atoms with Gasteiger partial charge in [0.2, 0.25) is 5.75 Å². The quantitative estimate of drug-likeness (QED) is 0.486. The summed E-state index contributed by atoms with van der Waals surface area (Å²) < 4.78 is 18.3. The van der Waals surface area contributed by atoms with E-state index in [1.165, 1.54) is 18.2 Å². The minimum atomic E-state index is -0.750. The van der Waals surface area contributed by atoms with E-state index >= 15 is 0 Å². The lowest BCUT2D eigenvalue weighted by molar-refractivity contribution is -0.385. The number of rotatable bonds is 4. The number of halogens is 2. The second-order valence-electron chi connectivity index (χ2n) is 3.77. The molecule has 20 heavy (non-hydrogen) atoms. The summed E-state index contributed by atoms with van der Waals surface area (Å²) in [4.78, 5) is 20.7. The highest BCUT2D eigenvalue weighted by atomic mass is 35.5. The van der Waals surface area contributed by atoms with E-state index in [2.05, 4.69) is 0 Å². The minimum Gasteiger partial charge on any atom is -0.450 e. The molecule has 0 radical (unpaired) electrons. The van der Waals surface area contributed by atoms with Crippen LogP contribution in [0.2, 0.25) is 5.02 Å². The summed E-state index contributed by atoms with van der Waals surface area (Å²) in [6.45, 7) is 0. The topological polar surface area (TPSA) is 69.4 Å². The zero-order chi connectivity index (χ0) is 14.7. The number of carbonyl (C=O) groups is 1. The molecule has 0 amide bonds. The maximum atomic E-state index is 13.0. The number of nitro groups is 1. The van der Waals surface area contributed by atoms with Gasteiger partial charge >= 0.3 is 5.69 Å². The summed E-state index contributed by atoms with van der Waals surface area (Å²) in [6.07, 6.45) is 0.576. The van der Waals surface area contributed by atoms with Crippen molar-refractivity contribution in [2.75, 3.05) is 0 Å². The first-order chi connectivity index (χ1) is 9.51. The SMILES string of the molecule is O=Cc1ccc(Oc2ccc(F)cc2[N+](=O)[O-])cc1Cl. The first-order valence-corrected chi connectivity index (χ1v) is 5.75. The van der Waals surface area contributed by atoms with E-state index in [0.717, 1.165) is 18.2 Å². The molecule has 0 N–H and O–H groups in total. The molecular weight excluding hydrogens is 289 g/mol. The third-order valence-electron chi connectivity index (χ3n) is 2.44. The van der Waals surface area contributed by atoms with Crippen LogP contribution in [0.3, 0.4) is 0 Å². The third-order valence-corrected chi connectivity index (χ3v) is 2.77. The van der Waals surface area contributed by atoms with Gasteiger partial charge in [0, 0.05) is 11.6 Å². The summed E-state index contributed by atoms with van der Waals surface area (Å²) in [5, 5.41) is 11.0. The van der Waals surface area contributed by atoms with Crippen LogP contribution in [-0.2, 0) is 0 Å². The molecule has 0 spiro atoms. The predicted octanol–water partition coefficient (Wildman–Crippen LogP) is 3.99. The van der Waals surface area contributed by atoms with Gasteiger partial charge in [-0.05, 0) is 24.3 Å². The lowest BCUT2D eigenvalue weighted by atomic mass is 10.2. The first-order valence-electron chi connectivity index (χ1n) is 5.38. The highest BCUT2D eigenvalue weighted by Gasteiger charge is 2.17. The van der Waals surface area contributed by atoms with Crippen molar-refractivity contribution < 1.29 is 18.8 Å². The summed E-state index contributed by atoms with van der Waals surface area (Å²) >= 11 is 5.82. The zero-order valence-corrected chi connectivity index (χ0v) is 10.6. The molecule has 2 rings (SSSR count). The van der Waals surface area contributed by atoms with Crippen molar-refractivity contribution in [2.45, 2.75) is 0 Å². The molecule has 2 aromatic rings. The number of nitro benzene ring substituents is 1. The summed E-state index contributed by atoms with van der Waals surface area (Å²) in [5.41, 5.74) is -0.229. The van der Waals surface area contributed by atoms with E-state index < -0.39 is 16.4 Å². The Labute approximate surface area is 117 Å². The van der Waals surface area contributed by atoms with Crippen LogP contribution < -0.4 is 4.74 Å². The molecule has 0 saturated heterocycles. The number of benzene rings is 2. The maximum absolute atomic E-state index is 13.0. The molecule has 0 bridgehead atoms. The molecule has 2 aromatic carbocycles. The van der Waals surface area contributed by atoms with Crippen molar-refractivity contribution in [3.05, 3.63) is 62.9 Å². The van der Waals surface area contributed by atoms with Gasteiger partial charge in [-0.1, -0.05) is 11.6 Å². The predicted molar refractivity (Wildman–Crippen MR) is 70.0 cm³/mol. The van der Waals surface area contributed by atoms with Crippen molar-refractivity contribution in [1.82, 2.24) is 0 Å². The van der Waals surface area contributed by atoms with Gasteiger partial charge in [-0.25, -0.2) is 4.39 Å². The number of nitrogens with zero attached hydrogens (tertiary/aromatic N) is 1. The Hall–Kier alpha value is -2.47. The van der Waals surface area contributed by atoms with Crippen LogP contribution in [0.5, 0.6) is 11.5 Å². The molecule has 7 heteroatoms. The third kappa shape index (κ3) is 2.92. The normalized spacial score (nSPS) is 10.1. The van der Waals surface area contributed by atoms with E-state index in [1.807, 2.05) is 0 Å². The average molecular weight is 296 g/mol. The maximum Gasteiger partial charge on any atom is 0.314 e. The Morgan fingerprint density at radius 1 is 1.25 bits per heavy atom. The van der Waals surface area contributed by atoms with Crippen molar-refractivity contribution in [2.24, 2.45) is 0 Å². The lowest BCUT2D eigenvalue weighted by Crippen LogP contribution is -1.94. The van der Waals surface area contributed by atoms with Gasteiger partial charge in [-0.3, -0.25) is 14.9 Å². The van der Waals surface area contributed by atoms with Crippen LogP contribution in [0.4, 0.5) is 10.1 Å². The van der Waals surface area contributed by atoms with Gasteiger partial charge in [0.25, 0.3) is 0 Å². The minimum absolute atomic E-state index is 0.119. The van der Waals surface area contributed by atoms with Gasteiger partial charge in [0.1, 0.15) is 11.6 Å². The Kier molecular flexibility index (Phi) is 3.95. The number of hydrogen-bond acceptors (Lipinski definition) is 4. The van der Waals surface area contributed by atoms with Crippen molar-refractivity contribution in [3.8, 4) is 11.5 Å². The van der Waals surface area contributed by atoms with E-state index in [1.54, 1.807) is 0 Å². The van der Waals surface area contributed by atoms with Gasteiger partial charge in [0.05, 0.1) is 16.0 Å². The largest absolute Gasteiger partial charge is 0.450 e. The summed E-state index contributed by atoms with van der Waals surface area (Å²) in [7, 11) is 0. The molecule has 0 aliphatic carbocycles. The first kappa shape index (κ1) is 14.0. The Balaban J connectivity index is 2.37. The number of aldehydes is 1. The second-order valence-corrected chi connectivity index (χ2v) is 4.18. The van der Waals surface area contributed by atoms with E-state index in [4.69, 9.17) is 16.3 Å². The van der Waals surface area contributed by atoms with Crippen molar-refractivity contribution >= 4 is 23.6 Å². The fraction of sp³-hybridized carbons (Fsp3) is 0. The van der Waals surface area contributed by atoms with Crippen LogP contribution in [0.15, 0.2) is 36.4 Å². The molecule has 5 nitrogen and oxygen atoms in total. The van der Waals surface area contributed by atoms with Gasteiger partial charge in [-0.2, -0.15) is 0 Å². The Bertz CT molecular complexity index is 690. The van der Waals surface area contributed by atoms with Gasteiger partial charge < -0.3 is 4.74 Å². The molecular formula is C13H7ClFNO4. The van der Waals surface area contributed by atoms with Gasteiger partial charge in [-0.15, -0.1) is 0 Å². The highest BCUT2D eigenvalue weighted by molar-refractivity contribution is 6.33. The Morgan fingerprint density at radius 3 is 2.60 bits per heavy atom. The van der Waals surface area contributed by atoms with Crippen LogP contribution in [0, 0.1) is 15.9 Å². The van der Waals surface area contributed by atoms with Crippen molar-refractivity contribution in [1.29, 1.82) is 0 Å². The fourth-order valence-electron chi connectivity index (χ4n) is 1.51. The number of hydrogen-bond donors (Lipinski definition) is 0. The molecule has 0 saturated carbocycles. The Morgan fingerprint density at radius 2 is 2.00 bits per heavy atom. The smallest absolute Gasteiger partial charge is 0.314 e. The second kappa shape index (κ2) is 5.66. The standard InChI is InChI=1S/C13H7ClFNO4/c14-11-6-10(3-1-8(11)7-17)20-13-4-2-9(15)5-12(13)16(18)19/h1-7H. The molecule has 0 aliphatic rings. The molecule has 0 aliphatic heterocycles. The lowest BCUT2D eigenvalue weighted by Gasteiger charge is -2.07.